The van der Waals surface area contributed by atoms with E-state index >= 15 is 0 Å². The minimum Gasteiger partial charge on any atom is -0.370 e. The molecule has 22 nitrogen and oxygen atoms in total. The van der Waals surface area contributed by atoms with Crippen LogP contribution in [0.3, 0.4) is 0 Å². The van der Waals surface area contributed by atoms with Gasteiger partial charge in [-0.3, -0.25) is 43.5 Å². The van der Waals surface area contributed by atoms with Crippen molar-refractivity contribution in [2.45, 2.75) is 141 Å². The van der Waals surface area contributed by atoms with Gasteiger partial charge >= 0.3 is 0 Å². The Labute approximate surface area is 347 Å². The van der Waals surface area contributed by atoms with E-state index in [4.69, 9.17) is 40.1 Å². The number of hydrogen-bond donors (Lipinski definition) is 13. The fourth-order valence-corrected chi connectivity index (χ4v) is 5.90. The SMILES string of the molecule is CC(=O)N[C@@H](CC(C)C)C(=O)N[C@@H](CCCCN)C(=O)N[C@@H](CCCN=C(N)N)C(=O)N[C@H](C(=O)N[C@@H](CCCCN)C(=O)N[C@@H](CCCN=C(N)N)C(N)=O)C(C)C. The van der Waals surface area contributed by atoms with Crippen molar-refractivity contribution < 1.29 is 33.6 Å². The van der Waals surface area contributed by atoms with Crippen molar-refractivity contribution in [3.8, 4) is 0 Å². The average molecular weight is 840 g/mol. The summed E-state index contributed by atoms with van der Waals surface area (Å²) in [7, 11) is 0. The minimum absolute atomic E-state index is 0.0356. The van der Waals surface area contributed by atoms with Gasteiger partial charge in [-0.2, -0.15) is 0 Å². The van der Waals surface area contributed by atoms with Gasteiger partial charge in [0, 0.05) is 20.0 Å². The van der Waals surface area contributed by atoms with E-state index in [1.807, 2.05) is 13.8 Å². The number of aliphatic imine (C=N–C) groups is 2. The molecule has 0 saturated heterocycles. The first kappa shape index (κ1) is 53.8. The highest BCUT2D eigenvalue weighted by Gasteiger charge is 2.34. The monoisotopic (exact) mass is 840 g/mol. The molecule has 0 saturated carbocycles. The molecule has 0 spiro atoms. The molecule has 0 aliphatic heterocycles. The van der Waals surface area contributed by atoms with E-state index in [9.17, 15) is 33.6 Å². The van der Waals surface area contributed by atoms with Crippen molar-refractivity contribution in [1.29, 1.82) is 0 Å². The van der Waals surface area contributed by atoms with Crippen molar-refractivity contribution in [1.82, 2.24) is 31.9 Å². The van der Waals surface area contributed by atoms with E-state index in [0.717, 1.165) is 0 Å². The Morgan fingerprint density at radius 2 is 0.847 bits per heavy atom. The highest BCUT2D eigenvalue weighted by atomic mass is 16.2. The molecule has 59 heavy (non-hydrogen) atoms. The lowest BCUT2D eigenvalue weighted by molar-refractivity contribution is -0.136. The van der Waals surface area contributed by atoms with Crippen LogP contribution in [0.2, 0.25) is 0 Å². The van der Waals surface area contributed by atoms with E-state index < -0.39 is 83.5 Å². The number of nitrogens with one attached hydrogen (secondary N) is 6. The molecule has 0 aromatic carbocycles. The summed E-state index contributed by atoms with van der Waals surface area (Å²) in [6.45, 7) is 9.45. The fourth-order valence-electron chi connectivity index (χ4n) is 5.90. The second-order valence-corrected chi connectivity index (χ2v) is 15.2. The standard InChI is InChI=1S/C37H73N15O7/c1-21(2)20-28(47-23(5)53)34(58)50-25(12-6-8-16-38)32(56)49-27(15-11-19-46-37(43)44)33(57)52-29(22(3)4)35(59)51-26(13-7-9-17-39)31(55)48-24(30(40)54)14-10-18-45-36(41)42/h21-22,24-29H,6-20,38-39H2,1-5H3,(H2,40,54)(H,47,53)(H,48,55)(H,49,56)(H,50,58)(H,51,59)(H,52,57)(H4,41,42,45)(H4,43,44,46)/t24-,25-,26-,27-,28-,29-/m0/s1. The number of nitrogens with zero attached hydrogens (tertiary/aromatic N) is 2. The summed E-state index contributed by atoms with van der Waals surface area (Å²) >= 11 is 0. The number of nitrogens with two attached hydrogens (primary N) is 7. The molecule has 0 aliphatic carbocycles. The van der Waals surface area contributed by atoms with Crippen LogP contribution in [0.15, 0.2) is 9.98 Å². The first-order chi connectivity index (χ1) is 27.7. The third-order valence-corrected chi connectivity index (χ3v) is 8.99. The van der Waals surface area contributed by atoms with Crippen LogP contribution in [0.1, 0.15) is 105 Å². The zero-order valence-corrected chi connectivity index (χ0v) is 35.5. The second-order valence-electron chi connectivity index (χ2n) is 15.2. The van der Waals surface area contributed by atoms with Crippen molar-refractivity contribution in [3.05, 3.63) is 0 Å². The normalized spacial score (nSPS) is 14.1. The van der Waals surface area contributed by atoms with Gasteiger partial charge in [-0.15, -0.1) is 0 Å². The molecule has 0 rings (SSSR count). The first-order valence-corrected chi connectivity index (χ1v) is 20.3. The van der Waals surface area contributed by atoms with Crippen LogP contribution in [-0.4, -0.2) is 116 Å². The van der Waals surface area contributed by atoms with Crippen LogP contribution < -0.4 is 72.0 Å². The molecule has 0 heterocycles. The summed E-state index contributed by atoms with van der Waals surface area (Å²) in [5.41, 5.74) is 38.6. The van der Waals surface area contributed by atoms with Crippen molar-refractivity contribution >= 4 is 53.3 Å². The van der Waals surface area contributed by atoms with Gasteiger partial charge in [0.05, 0.1) is 0 Å². The number of unbranched alkanes of at least 4 members (excludes halogenated alkanes) is 2. The smallest absolute Gasteiger partial charge is 0.243 e. The summed E-state index contributed by atoms with van der Waals surface area (Å²) in [5.74, 6) is -5.28. The summed E-state index contributed by atoms with van der Waals surface area (Å²) in [4.78, 5) is 100. The van der Waals surface area contributed by atoms with Gasteiger partial charge < -0.3 is 72.0 Å². The Balaban J connectivity index is 6.41. The number of rotatable bonds is 31. The summed E-state index contributed by atoms with van der Waals surface area (Å²) in [5, 5.41) is 16.1. The number of hydrogen-bond acceptors (Lipinski definition) is 11. The van der Waals surface area contributed by atoms with Gasteiger partial charge in [0.1, 0.15) is 36.3 Å². The number of primary amides is 1. The minimum atomic E-state index is -1.22. The van der Waals surface area contributed by atoms with Crippen LogP contribution in [0.4, 0.5) is 0 Å². The van der Waals surface area contributed by atoms with Crippen molar-refractivity contribution in [2.24, 2.45) is 62.0 Å². The third-order valence-electron chi connectivity index (χ3n) is 8.99. The van der Waals surface area contributed by atoms with E-state index in [-0.39, 0.29) is 63.0 Å². The zero-order chi connectivity index (χ0) is 45.1. The Morgan fingerprint density at radius 1 is 0.475 bits per heavy atom. The molecule has 0 fully saturated rings. The summed E-state index contributed by atoms with van der Waals surface area (Å²) in [6.07, 6.45) is 3.43. The van der Waals surface area contributed by atoms with Gasteiger partial charge in [0.25, 0.3) is 0 Å². The van der Waals surface area contributed by atoms with E-state index in [1.54, 1.807) is 13.8 Å². The largest absolute Gasteiger partial charge is 0.370 e. The Bertz CT molecular complexity index is 1400. The molecule has 0 unspecified atom stereocenters. The van der Waals surface area contributed by atoms with Gasteiger partial charge in [0.15, 0.2) is 11.9 Å². The molecule has 20 N–H and O–H groups in total. The molecule has 338 valence electrons. The first-order valence-electron chi connectivity index (χ1n) is 20.3. The molecule has 0 radical (unpaired) electrons. The van der Waals surface area contributed by atoms with Gasteiger partial charge in [-0.25, -0.2) is 0 Å². The molecular formula is C37H73N15O7. The van der Waals surface area contributed by atoms with E-state index in [2.05, 4.69) is 41.9 Å². The predicted molar refractivity (Wildman–Crippen MR) is 226 cm³/mol. The molecule has 0 aliphatic rings. The van der Waals surface area contributed by atoms with Crippen molar-refractivity contribution in [2.75, 3.05) is 26.2 Å². The molecular weight excluding hydrogens is 767 g/mol. The van der Waals surface area contributed by atoms with Crippen LogP contribution in [0, 0.1) is 11.8 Å². The van der Waals surface area contributed by atoms with Gasteiger partial charge in [0.2, 0.25) is 41.4 Å². The highest BCUT2D eigenvalue weighted by molar-refractivity contribution is 5.97. The van der Waals surface area contributed by atoms with Gasteiger partial charge in [-0.05, 0) is 95.6 Å². The zero-order valence-electron chi connectivity index (χ0n) is 35.5. The maximum absolute atomic E-state index is 14.0. The molecule has 6 atom stereocenters. The van der Waals surface area contributed by atoms with Crippen LogP contribution in [-0.2, 0) is 33.6 Å². The summed E-state index contributed by atoms with van der Waals surface area (Å²) < 4.78 is 0. The number of guanidine groups is 2. The maximum atomic E-state index is 14.0. The fraction of sp³-hybridized carbons (Fsp3) is 0.757. The van der Waals surface area contributed by atoms with Crippen LogP contribution >= 0.6 is 0 Å². The molecule has 0 bridgehead atoms. The van der Waals surface area contributed by atoms with Crippen LogP contribution in [0.25, 0.3) is 0 Å². The lowest BCUT2D eigenvalue weighted by Crippen LogP contribution is -2.60. The topological polar surface area (TPSA) is 399 Å². The van der Waals surface area contributed by atoms with Gasteiger partial charge in [-0.1, -0.05) is 27.7 Å². The van der Waals surface area contributed by atoms with E-state index in [1.165, 1.54) is 6.92 Å². The lowest BCUT2D eigenvalue weighted by atomic mass is 10.00. The van der Waals surface area contributed by atoms with E-state index in [0.29, 0.717) is 51.6 Å². The van der Waals surface area contributed by atoms with Crippen LogP contribution in [0.5, 0.6) is 0 Å². The number of amides is 7. The lowest BCUT2D eigenvalue weighted by Gasteiger charge is -2.29. The number of carbonyl (C=O) groups is 7. The molecule has 22 heteroatoms. The maximum Gasteiger partial charge on any atom is 0.243 e. The molecule has 7 amide bonds. The Kier molecular flexibility index (Phi) is 27.2. The molecule has 0 aromatic heterocycles. The second kappa shape index (κ2) is 29.9. The number of carbonyl (C=O) groups excluding carboxylic acids is 7. The van der Waals surface area contributed by atoms with Crippen molar-refractivity contribution in [3.63, 3.8) is 0 Å². The summed E-state index contributed by atoms with van der Waals surface area (Å²) in [6, 6.07) is -6.62. The quantitative estimate of drug-likeness (QED) is 0.0183. The average Bonchev–Trinajstić information content (AvgIpc) is 3.13. The Hall–Kier alpha value is -5.25. The highest BCUT2D eigenvalue weighted by Crippen LogP contribution is 2.11. The third kappa shape index (κ3) is 24.3. The predicted octanol–water partition coefficient (Wildman–Crippen LogP) is -3.53. The molecule has 0 aromatic rings. The Morgan fingerprint density at radius 3 is 1.22 bits per heavy atom.